The van der Waals surface area contributed by atoms with Gasteiger partial charge in [-0.15, -0.1) is 0 Å². The molecule has 78 valence electrons. The summed E-state index contributed by atoms with van der Waals surface area (Å²) in [5, 5.41) is 12.4. The fourth-order valence-electron chi connectivity index (χ4n) is 0.864. The summed E-state index contributed by atoms with van der Waals surface area (Å²) in [6.45, 7) is 3.42. The van der Waals surface area contributed by atoms with Crippen LogP contribution in [-0.2, 0) is 0 Å². The Hall–Kier alpha value is -1.41. The first-order chi connectivity index (χ1) is 7.06. The smallest absolute Gasteiger partial charge is 0.212 e. The third-order valence-corrected chi connectivity index (χ3v) is 2.15. The number of halogens is 2. The number of nitriles is 1. The topological polar surface area (TPSA) is 45.4 Å². The zero-order valence-corrected chi connectivity index (χ0v) is 9.80. The van der Waals surface area contributed by atoms with Crippen LogP contribution in [0.15, 0.2) is 21.8 Å². The SMILES string of the molecule is CC(C)=NOc1c(F)ccc(Br)c1C#N. The van der Waals surface area contributed by atoms with Crippen molar-refractivity contribution in [2.24, 2.45) is 5.16 Å². The van der Waals surface area contributed by atoms with Gasteiger partial charge in [0.05, 0.1) is 5.71 Å². The second-order valence-electron chi connectivity index (χ2n) is 2.97. The second-order valence-corrected chi connectivity index (χ2v) is 3.83. The Morgan fingerprint density at radius 1 is 1.53 bits per heavy atom. The molecule has 0 aliphatic carbocycles. The number of nitrogens with zero attached hydrogens (tertiary/aromatic N) is 2. The summed E-state index contributed by atoms with van der Waals surface area (Å²) < 4.78 is 13.8. The van der Waals surface area contributed by atoms with Gasteiger partial charge in [0.1, 0.15) is 11.6 Å². The zero-order valence-electron chi connectivity index (χ0n) is 8.21. The summed E-state index contributed by atoms with van der Waals surface area (Å²) in [5.41, 5.74) is 0.735. The van der Waals surface area contributed by atoms with Gasteiger partial charge in [-0.05, 0) is 41.9 Å². The van der Waals surface area contributed by atoms with E-state index in [0.29, 0.717) is 10.2 Å². The highest BCUT2D eigenvalue weighted by atomic mass is 79.9. The molecule has 0 spiro atoms. The van der Waals surface area contributed by atoms with Crippen molar-refractivity contribution in [3.8, 4) is 11.8 Å². The monoisotopic (exact) mass is 270 g/mol. The minimum atomic E-state index is -0.611. The van der Waals surface area contributed by atoms with Gasteiger partial charge >= 0.3 is 0 Å². The summed E-state index contributed by atoms with van der Waals surface area (Å²) in [5.74, 6) is -0.771. The van der Waals surface area contributed by atoms with E-state index in [0.717, 1.165) is 0 Å². The van der Waals surface area contributed by atoms with Crippen molar-refractivity contribution in [3.05, 3.63) is 28.0 Å². The third kappa shape index (κ3) is 2.77. The van der Waals surface area contributed by atoms with Crippen molar-refractivity contribution < 1.29 is 9.23 Å². The first-order valence-electron chi connectivity index (χ1n) is 4.12. The van der Waals surface area contributed by atoms with E-state index in [2.05, 4.69) is 21.1 Å². The molecule has 0 aliphatic rings. The van der Waals surface area contributed by atoms with Crippen LogP contribution in [0.1, 0.15) is 19.4 Å². The fourth-order valence-corrected chi connectivity index (χ4v) is 1.26. The van der Waals surface area contributed by atoms with Gasteiger partial charge in [-0.2, -0.15) is 5.26 Å². The van der Waals surface area contributed by atoms with Crippen LogP contribution in [0.4, 0.5) is 4.39 Å². The van der Waals surface area contributed by atoms with Gasteiger partial charge in [0.2, 0.25) is 5.75 Å². The Labute approximate surface area is 95.3 Å². The van der Waals surface area contributed by atoms with Crippen molar-refractivity contribution in [1.82, 2.24) is 0 Å². The van der Waals surface area contributed by atoms with Crippen LogP contribution in [0.25, 0.3) is 0 Å². The van der Waals surface area contributed by atoms with Crippen LogP contribution >= 0.6 is 15.9 Å². The van der Waals surface area contributed by atoms with E-state index in [9.17, 15) is 4.39 Å². The van der Waals surface area contributed by atoms with Crippen molar-refractivity contribution in [1.29, 1.82) is 5.26 Å². The number of rotatable bonds is 2. The van der Waals surface area contributed by atoms with Crippen LogP contribution in [-0.4, -0.2) is 5.71 Å². The van der Waals surface area contributed by atoms with E-state index >= 15 is 0 Å². The number of hydrogen-bond acceptors (Lipinski definition) is 3. The third-order valence-electron chi connectivity index (χ3n) is 1.49. The van der Waals surface area contributed by atoms with Crippen molar-refractivity contribution in [2.75, 3.05) is 0 Å². The Kier molecular flexibility index (Phi) is 3.81. The van der Waals surface area contributed by atoms with Crippen LogP contribution in [0, 0.1) is 17.1 Å². The molecule has 0 N–H and O–H groups in total. The molecule has 0 saturated heterocycles. The zero-order chi connectivity index (χ0) is 11.4. The van der Waals surface area contributed by atoms with Gasteiger partial charge in [-0.25, -0.2) is 4.39 Å². The number of benzene rings is 1. The van der Waals surface area contributed by atoms with E-state index in [1.807, 2.05) is 6.07 Å². The molecule has 0 aromatic heterocycles. The first-order valence-corrected chi connectivity index (χ1v) is 4.92. The molecule has 0 unspecified atom stereocenters. The predicted octanol–water partition coefficient (Wildman–Crippen LogP) is 3.23. The van der Waals surface area contributed by atoms with Gasteiger partial charge in [-0.1, -0.05) is 5.16 Å². The fraction of sp³-hybridized carbons (Fsp3) is 0.200. The summed E-state index contributed by atoms with van der Waals surface area (Å²) in [7, 11) is 0. The van der Waals surface area contributed by atoms with Crippen LogP contribution < -0.4 is 4.84 Å². The summed E-state index contributed by atoms with van der Waals surface area (Å²) >= 11 is 3.13. The summed E-state index contributed by atoms with van der Waals surface area (Å²) in [6.07, 6.45) is 0. The standard InChI is InChI=1S/C10H8BrFN2O/c1-6(2)14-15-10-7(5-13)8(11)3-4-9(10)12/h3-4H,1-2H3. The lowest BCUT2D eigenvalue weighted by molar-refractivity contribution is 0.320. The molecular weight excluding hydrogens is 263 g/mol. The van der Waals surface area contributed by atoms with Gasteiger partial charge < -0.3 is 4.84 Å². The maximum absolute atomic E-state index is 13.3. The largest absolute Gasteiger partial charge is 0.352 e. The summed E-state index contributed by atoms with van der Waals surface area (Å²) in [4.78, 5) is 4.86. The molecule has 0 amide bonds. The molecule has 1 rings (SSSR count). The predicted molar refractivity (Wildman–Crippen MR) is 58.2 cm³/mol. The maximum Gasteiger partial charge on any atom is 0.212 e. The van der Waals surface area contributed by atoms with Crippen molar-refractivity contribution in [2.45, 2.75) is 13.8 Å². The van der Waals surface area contributed by atoms with Gasteiger partial charge in [0.15, 0.2) is 5.82 Å². The molecule has 0 aliphatic heterocycles. The molecule has 15 heavy (non-hydrogen) atoms. The molecule has 5 heteroatoms. The molecule has 3 nitrogen and oxygen atoms in total. The molecule has 0 bridgehead atoms. The first kappa shape index (κ1) is 11.7. The van der Waals surface area contributed by atoms with Gasteiger partial charge in [0, 0.05) is 4.47 Å². The lowest BCUT2D eigenvalue weighted by atomic mass is 10.2. The minimum Gasteiger partial charge on any atom is -0.352 e. The van der Waals surface area contributed by atoms with E-state index < -0.39 is 5.82 Å². The molecular formula is C10H8BrFN2O. The Morgan fingerprint density at radius 2 is 2.20 bits per heavy atom. The average molecular weight is 271 g/mol. The normalized spacial score (nSPS) is 9.27. The highest BCUT2D eigenvalue weighted by Crippen LogP contribution is 2.29. The molecule has 0 saturated carbocycles. The van der Waals surface area contributed by atoms with Crippen LogP contribution in [0.2, 0.25) is 0 Å². The van der Waals surface area contributed by atoms with E-state index in [1.165, 1.54) is 12.1 Å². The Bertz CT molecular complexity index is 447. The van der Waals surface area contributed by atoms with Gasteiger partial charge in [-0.3, -0.25) is 0 Å². The van der Waals surface area contributed by atoms with Crippen LogP contribution in [0.3, 0.4) is 0 Å². The number of hydrogen-bond donors (Lipinski definition) is 0. The Balaban J connectivity index is 3.21. The summed E-state index contributed by atoms with van der Waals surface area (Å²) in [6, 6.07) is 4.50. The maximum atomic E-state index is 13.3. The van der Waals surface area contributed by atoms with Crippen molar-refractivity contribution in [3.63, 3.8) is 0 Å². The lowest BCUT2D eigenvalue weighted by Gasteiger charge is -2.04. The van der Waals surface area contributed by atoms with E-state index in [4.69, 9.17) is 10.1 Å². The molecule has 0 radical (unpaired) electrons. The molecule has 0 fully saturated rings. The minimum absolute atomic E-state index is 0.0972. The molecule has 1 aromatic carbocycles. The highest BCUT2D eigenvalue weighted by molar-refractivity contribution is 9.10. The molecule has 0 heterocycles. The van der Waals surface area contributed by atoms with E-state index in [-0.39, 0.29) is 11.3 Å². The lowest BCUT2D eigenvalue weighted by Crippen LogP contribution is -1.95. The quantitative estimate of drug-likeness (QED) is 0.612. The molecule has 0 atom stereocenters. The Morgan fingerprint density at radius 3 is 2.73 bits per heavy atom. The average Bonchev–Trinajstić information content (AvgIpc) is 2.19. The van der Waals surface area contributed by atoms with Crippen LogP contribution in [0.5, 0.6) is 5.75 Å². The highest BCUT2D eigenvalue weighted by Gasteiger charge is 2.13. The van der Waals surface area contributed by atoms with Crippen molar-refractivity contribution >= 4 is 21.6 Å². The van der Waals surface area contributed by atoms with Gasteiger partial charge in [0.25, 0.3) is 0 Å². The second kappa shape index (κ2) is 4.89. The van der Waals surface area contributed by atoms with E-state index in [1.54, 1.807) is 13.8 Å². The number of oxime groups is 1. The molecule has 1 aromatic rings.